The van der Waals surface area contributed by atoms with Crippen LogP contribution in [0.1, 0.15) is 11.1 Å². The highest BCUT2D eigenvalue weighted by molar-refractivity contribution is 5.85. The van der Waals surface area contributed by atoms with Crippen molar-refractivity contribution in [2.24, 2.45) is 0 Å². The van der Waals surface area contributed by atoms with Gasteiger partial charge in [0.05, 0.1) is 34.3 Å². The molecule has 7 heteroatoms. The van der Waals surface area contributed by atoms with Gasteiger partial charge in [0.1, 0.15) is 5.75 Å². The van der Waals surface area contributed by atoms with E-state index in [1.165, 1.54) is 7.11 Å². The van der Waals surface area contributed by atoms with E-state index < -0.39 is 0 Å². The molecule has 0 bridgehead atoms. The van der Waals surface area contributed by atoms with Crippen LogP contribution in [-0.2, 0) is 22.6 Å². The number of carbonyl (C=O) groups is 2. The fourth-order valence-corrected chi connectivity index (χ4v) is 2.52. The number of nitrogens with one attached hydrogen (secondary N) is 2. The molecular weight excluding hydrogens is 348 g/mol. The molecule has 0 aliphatic carbocycles. The molecule has 2 rings (SSSR count). The fraction of sp³-hybridized carbons (Fsp3) is 0.300. The largest absolute Gasteiger partial charge is 0.496 e. The number of hydrogen-bond donors (Lipinski definition) is 2. The van der Waals surface area contributed by atoms with Gasteiger partial charge < -0.3 is 24.8 Å². The molecule has 0 radical (unpaired) electrons. The van der Waals surface area contributed by atoms with Gasteiger partial charge in [-0.1, -0.05) is 24.3 Å². The molecule has 2 aromatic rings. The van der Waals surface area contributed by atoms with E-state index in [9.17, 15) is 9.59 Å². The van der Waals surface area contributed by atoms with Crippen molar-refractivity contribution >= 4 is 11.8 Å². The van der Waals surface area contributed by atoms with Gasteiger partial charge in [-0.15, -0.1) is 0 Å². The first kappa shape index (κ1) is 20.1. The Morgan fingerprint density at radius 2 is 1.52 bits per heavy atom. The normalized spacial score (nSPS) is 10.0. The maximum Gasteiger partial charge on any atom is 0.239 e. The van der Waals surface area contributed by atoms with Crippen molar-refractivity contribution in [3.05, 3.63) is 53.6 Å². The first-order valence-corrected chi connectivity index (χ1v) is 8.43. The van der Waals surface area contributed by atoms with Crippen LogP contribution < -0.4 is 24.8 Å². The van der Waals surface area contributed by atoms with Gasteiger partial charge >= 0.3 is 0 Å². The summed E-state index contributed by atoms with van der Waals surface area (Å²) >= 11 is 0. The third-order valence-electron chi connectivity index (χ3n) is 3.93. The van der Waals surface area contributed by atoms with Crippen molar-refractivity contribution < 1.29 is 23.8 Å². The van der Waals surface area contributed by atoms with Crippen LogP contribution >= 0.6 is 0 Å². The van der Waals surface area contributed by atoms with Crippen LogP contribution in [0.3, 0.4) is 0 Å². The third-order valence-corrected chi connectivity index (χ3v) is 3.93. The maximum absolute atomic E-state index is 12.1. The lowest BCUT2D eigenvalue weighted by atomic mass is 10.1. The van der Waals surface area contributed by atoms with Gasteiger partial charge in [0.2, 0.25) is 11.8 Å². The second-order valence-electron chi connectivity index (χ2n) is 5.73. The van der Waals surface area contributed by atoms with E-state index in [1.807, 2.05) is 24.3 Å². The molecule has 0 fully saturated rings. The van der Waals surface area contributed by atoms with E-state index >= 15 is 0 Å². The second-order valence-corrected chi connectivity index (χ2v) is 5.73. The summed E-state index contributed by atoms with van der Waals surface area (Å²) in [4.78, 5) is 24.0. The predicted molar refractivity (Wildman–Crippen MR) is 101 cm³/mol. The average molecular weight is 372 g/mol. The molecule has 0 spiro atoms. The summed E-state index contributed by atoms with van der Waals surface area (Å²) in [5, 5.41) is 5.36. The summed E-state index contributed by atoms with van der Waals surface area (Å²) in [6.45, 7) is 0.232. The van der Waals surface area contributed by atoms with E-state index in [1.54, 1.807) is 32.4 Å². The summed E-state index contributed by atoms with van der Waals surface area (Å²) in [6.07, 6.45) is 0.139. The van der Waals surface area contributed by atoms with Gasteiger partial charge in [-0.2, -0.15) is 0 Å². The lowest BCUT2D eigenvalue weighted by Crippen LogP contribution is -2.37. The summed E-state index contributed by atoms with van der Waals surface area (Å²) in [7, 11) is 4.66. The summed E-state index contributed by atoms with van der Waals surface area (Å²) in [6, 6.07) is 12.7. The highest BCUT2D eigenvalue weighted by atomic mass is 16.5. The third kappa shape index (κ3) is 5.91. The van der Waals surface area contributed by atoms with Crippen molar-refractivity contribution in [1.82, 2.24) is 10.6 Å². The van der Waals surface area contributed by atoms with Crippen LogP contribution in [0.4, 0.5) is 0 Å². The molecule has 0 aromatic heterocycles. The first-order valence-electron chi connectivity index (χ1n) is 8.43. The van der Waals surface area contributed by atoms with Gasteiger partial charge in [0.25, 0.3) is 0 Å². The van der Waals surface area contributed by atoms with Crippen molar-refractivity contribution in [2.45, 2.75) is 13.0 Å². The van der Waals surface area contributed by atoms with Crippen molar-refractivity contribution in [3.63, 3.8) is 0 Å². The lowest BCUT2D eigenvalue weighted by molar-refractivity contribution is -0.125. The zero-order valence-corrected chi connectivity index (χ0v) is 15.7. The predicted octanol–water partition coefficient (Wildman–Crippen LogP) is 1.69. The smallest absolute Gasteiger partial charge is 0.239 e. The van der Waals surface area contributed by atoms with Crippen LogP contribution in [-0.4, -0.2) is 39.7 Å². The molecule has 2 aromatic carbocycles. The van der Waals surface area contributed by atoms with E-state index in [4.69, 9.17) is 14.2 Å². The molecule has 2 N–H and O–H groups in total. The highest BCUT2D eigenvalue weighted by Gasteiger charge is 2.10. The monoisotopic (exact) mass is 372 g/mol. The minimum atomic E-state index is -0.276. The van der Waals surface area contributed by atoms with Crippen LogP contribution in [0.5, 0.6) is 17.2 Å². The molecule has 2 amide bonds. The Morgan fingerprint density at radius 1 is 0.815 bits per heavy atom. The van der Waals surface area contributed by atoms with E-state index in [-0.39, 0.29) is 24.8 Å². The highest BCUT2D eigenvalue weighted by Crippen LogP contribution is 2.27. The number of para-hydroxylation sites is 1. The van der Waals surface area contributed by atoms with Crippen molar-refractivity contribution in [2.75, 3.05) is 27.9 Å². The zero-order valence-electron chi connectivity index (χ0n) is 15.7. The summed E-state index contributed by atoms with van der Waals surface area (Å²) in [5.74, 6) is 1.32. The zero-order chi connectivity index (χ0) is 19.6. The van der Waals surface area contributed by atoms with Gasteiger partial charge in [0, 0.05) is 12.1 Å². The molecule has 27 heavy (non-hydrogen) atoms. The van der Waals surface area contributed by atoms with Gasteiger partial charge in [-0.25, -0.2) is 0 Å². The molecule has 0 aliphatic rings. The maximum atomic E-state index is 12.1. The Balaban J connectivity index is 1.80. The average Bonchev–Trinajstić information content (AvgIpc) is 2.70. The number of methoxy groups -OCH3 is 3. The molecule has 7 nitrogen and oxygen atoms in total. The molecule has 144 valence electrons. The summed E-state index contributed by atoms with van der Waals surface area (Å²) < 4.78 is 15.6. The minimum absolute atomic E-state index is 0.0960. The SMILES string of the molecule is COc1ccccc1CNC(=O)CNC(=O)Cc1ccc(OC)c(OC)c1. The molecule has 0 saturated carbocycles. The lowest BCUT2D eigenvalue weighted by Gasteiger charge is -2.11. The molecule has 0 aliphatic heterocycles. The first-order chi connectivity index (χ1) is 13.1. The van der Waals surface area contributed by atoms with E-state index in [2.05, 4.69) is 10.6 Å². The molecule has 0 atom stereocenters. The number of carbonyl (C=O) groups excluding carboxylic acids is 2. The Bertz CT molecular complexity index is 792. The topological polar surface area (TPSA) is 85.9 Å². The van der Waals surface area contributed by atoms with E-state index in [0.717, 1.165) is 11.1 Å². The van der Waals surface area contributed by atoms with Crippen molar-refractivity contribution in [3.8, 4) is 17.2 Å². The number of rotatable bonds is 9. The Hall–Kier alpha value is -3.22. The Labute approximate surface area is 158 Å². The van der Waals surface area contributed by atoms with Crippen LogP contribution in [0.15, 0.2) is 42.5 Å². The number of ether oxygens (including phenoxy) is 3. The van der Waals surface area contributed by atoms with Crippen LogP contribution in [0.2, 0.25) is 0 Å². The van der Waals surface area contributed by atoms with E-state index in [0.29, 0.717) is 23.8 Å². The Kier molecular flexibility index (Phi) is 7.49. The van der Waals surface area contributed by atoms with Crippen LogP contribution in [0, 0.1) is 0 Å². The molecular formula is C20H24N2O5. The fourth-order valence-electron chi connectivity index (χ4n) is 2.52. The molecule has 0 unspecified atom stereocenters. The van der Waals surface area contributed by atoms with Gasteiger partial charge in [-0.3, -0.25) is 9.59 Å². The number of amides is 2. The van der Waals surface area contributed by atoms with Crippen molar-refractivity contribution in [1.29, 1.82) is 0 Å². The Morgan fingerprint density at radius 3 is 2.22 bits per heavy atom. The number of hydrogen-bond acceptors (Lipinski definition) is 5. The van der Waals surface area contributed by atoms with Gasteiger partial charge in [0.15, 0.2) is 11.5 Å². The van der Waals surface area contributed by atoms with Crippen LogP contribution in [0.25, 0.3) is 0 Å². The molecule has 0 saturated heterocycles. The van der Waals surface area contributed by atoms with Gasteiger partial charge in [-0.05, 0) is 23.8 Å². The standard InChI is InChI=1S/C20H24N2O5/c1-25-16-7-5-4-6-15(16)12-21-20(24)13-22-19(23)11-14-8-9-17(26-2)18(10-14)27-3/h4-10H,11-13H2,1-3H3,(H,21,24)(H,22,23). The number of benzene rings is 2. The quantitative estimate of drug-likeness (QED) is 0.700. The molecule has 0 heterocycles. The second kappa shape index (κ2) is 10.1. The minimum Gasteiger partial charge on any atom is -0.496 e. The summed E-state index contributed by atoms with van der Waals surface area (Å²) in [5.41, 5.74) is 1.63.